The molecule has 0 aromatic heterocycles. The van der Waals surface area contributed by atoms with Crippen molar-refractivity contribution in [3.05, 3.63) is 29.8 Å². The van der Waals surface area contributed by atoms with Crippen molar-refractivity contribution in [2.75, 3.05) is 31.7 Å². The van der Waals surface area contributed by atoms with Crippen LogP contribution in [0.4, 0.5) is 5.69 Å². The predicted octanol–water partition coefficient (Wildman–Crippen LogP) is 2.11. The molecule has 0 radical (unpaired) electrons. The molecular formula is C16H22N2O2. The van der Waals surface area contributed by atoms with Crippen LogP contribution in [0.25, 0.3) is 0 Å². The molecule has 1 unspecified atom stereocenters. The monoisotopic (exact) mass is 274 g/mol. The minimum absolute atomic E-state index is 0.128. The minimum Gasteiger partial charge on any atom is -0.381 e. The topological polar surface area (TPSA) is 41.6 Å². The summed E-state index contributed by atoms with van der Waals surface area (Å²) in [5, 5.41) is 3.34. The molecule has 0 aliphatic carbocycles. The van der Waals surface area contributed by atoms with Crippen molar-refractivity contribution in [1.29, 1.82) is 0 Å². The van der Waals surface area contributed by atoms with Crippen LogP contribution in [0.2, 0.25) is 0 Å². The van der Waals surface area contributed by atoms with E-state index in [2.05, 4.69) is 17.4 Å². The Balaban J connectivity index is 1.85. The number of anilines is 1. The number of carbonyl (C=O) groups excluding carboxylic acids is 1. The molecule has 0 saturated carbocycles. The molecule has 1 aromatic carbocycles. The Hall–Kier alpha value is -1.39. The molecule has 1 fully saturated rings. The fraction of sp³-hybridized carbons (Fsp3) is 0.562. The number of amides is 1. The zero-order chi connectivity index (χ0) is 13.9. The van der Waals surface area contributed by atoms with Gasteiger partial charge in [-0.1, -0.05) is 18.2 Å². The van der Waals surface area contributed by atoms with Crippen molar-refractivity contribution in [1.82, 2.24) is 5.32 Å². The van der Waals surface area contributed by atoms with Crippen molar-refractivity contribution in [2.24, 2.45) is 5.92 Å². The third-order valence-corrected chi connectivity index (χ3v) is 4.43. The molecule has 0 bridgehead atoms. The van der Waals surface area contributed by atoms with Gasteiger partial charge in [-0.25, -0.2) is 0 Å². The molecule has 2 aliphatic heterocycles. The summed E-state index contributed by atoms with van der Waals surface area (Å²) in [7, 11) is 1.98. The largest absolute Gasteiger partial charge is 0.381 e. The summed E-state index contributed by atoms with van der Waals surface area (Å²) in [4.78, 5) is 14.7. The van der Waals surface area contributed by atoms with E-state index in [4.69, 9.17) is 4.74 Å². The number of nitrogens with zero attached hydrogens (tertiary/aromatic N) is 1. The van der Waals surface area contributed by atoms with Gasteiger partial charge in [0.25, 0.3) is 0 Å². The van der Waals surface area contributed by atoms with Crippen molar-refractivity contribution in [3.63, 3.8) is 0 Å². The van der Waals surface area contributed by atoms with Crippen LogP contribution < -0.4 is 10.2 Å². The number of fused-ring (bicyclic) bond motifs is 1. The Morgan fingerprint density at radius 2 is 2.00 bits per heavy atom. The highest BCUT2D eigenvalue weighted by atomic mass is 16.5. The first-order valence-electron chi connectivity index (χ1n) is 7.46. The van der Waals surface area contributed by atoms with E-state index in [0.717, 1.165) is 31.5 Å². The summed E-state index contributed by atoms with van der Waals surface area (Å²) in [5.74, 6) is 0.401. The van der Waals surface area contributed by atoms with E-state index in [-0.39, 0.29) is 11.8 Å². The van der Waals surface area contributed by atoms with E-state index in [1.165, 1.54) is 5.56 Å². The Kier molecular flexibility index (Phi) is 4.03. The molecule has 2 aliphatic rings. The Morgan fingerprint density at radius 1 is 1.25 bits per heavy atom. The van der Waals surface area contributed by atoms with Gasteiger partial charge in [-0.15, -0.1) is 0 Å². The molecule has 108 valence electrons. The number of rotatable bonds is 2. The number of benzene rings is 1. The summed E-state index contributed by atoms with van der Waals surface area (Å²) in [6, 6.07) is 8.60. The molecule has 1 saturated heterocycles. The summed E-state index contributed by atoms with van der Waals surface area (Å²) in [6.45, 7) is 2.23. The average molecular weight is 274 g/mol. The van der Waals surface area contributed by atoms with Crippen LogP contribution in [0, 0.1) is 5.92 Å². The molecule has 20 heavy (non-hydrogen) atoms. The smallest absolute Gasteiger partial charge is 0.230 e. The van der Waals surface area contributed by atoms with Crippen molar-refractivity contribution >= 4 is 11.6 Å². The molecule has 2 heterocycles. The first kappa shape index (κ1) is 13.6. The van der Waals surface area contributed by atoms with Gasteiger partial charge < -0.3 is 15.0 Å². The average Bonchev–Trinajstić information content (AvgIpc) is 2.54. The maximum Gasteiger partial charge on any atom is 0.230 e. The van der Waals surface area contributed by atoms with Crippen molar-refractivity contribution in [3.8, 4) is 0 Å². The van der Waals surface area contributed by atoms with Crippen LogP contribution >= 0.6 is 0 Å². The highest BCUT2D eigenvalue weighted by molar-refractivity contribution is 5.96. The second-order valence-corrected chi connectivity index (χ2v) is 5.57. The first-order valence-corrected chi connectivity index (χ1v) is 7.46. The van der Waals surface area contributed by atoms with Gasteiger partial charge in [0.2, 0.25) is 5.91 Å². The fourth-order valence-electron chi connectivity index (χ4n) is 3.26. The number of hydrogen-bond donors (Lipinski definition) is 1. The highest BCUT2D eigenvalue weighted by Crippen LogP contribution is 2.35. The number of hydrogen-bond acceptors (Lipinski definition) is 3. The van der Waals surface area contributed by atoms with E-state index < -0.39 is 0 Å². The number of ether oxygens (including phenoxy) is 1. The Bertz CT molecular complexity index is 483. The minimum atomic E-state index is 0.128. The van der Waals surface area contributed by atoms with E-state index in [1.807, 2.05) is 24.1 Å². The molecular weight excluding hydrogens is 252 g/mol. The summed E-state index contributed by atoms with van der Waals surface area (Å²) >= 11 is 0. The lowest BCUT2D eigenvalue weighted by Gasteiger charge is -2.36. The molecule has 1 N–H and O–H groups in total. The molecule has 4 nitrogen and oxygen atoms in total. The normalized spacial score (nSPS) is 23.4. The summed E-state index contributed by atoms with van der Waals surface area (Å²) in [5.41, 5.74) is 2.32. The maximum atomic E-state index is 12.8. The molecule has 1 atom stereocenters. The zero-order valence-electron chi connectivity index (χ0n) is 12.0. The van der Waals surface area contributed by atoms with Crippen LogP contribution in [0.1, 0.15) is 30.9 Å². The second-order valence-electron chi connectivity index (χ2n) is 5.57. The van der Waals surface area contributed by atoms with E-state index in [1.54, 1.807) is 0 Å². The van der Waals surface area contributed by atoms with E-state index >= 15 is 0 Å². The lowest BCUT2D eigenvalue weighted by molar-refractivity contribution is -0.125. The lowest BCUT2D eigenvalue weighted by atomic mass is 9.93. The molecule has 4 heteroatoms. The molecule has 3 rings (SSSR count). The van der Waals surface area contributed by atoms with Gasteiger partial charge >= 0.3 is 0 Å². The summed E-state index contributed by atoms with van der Waals surface area (Å²) in [6.07, 6.45) is 2.68. The fourth-order valence-corrected chi connectivity index (χ4v) is 3.26. The van der Waals surface area contributed by atoms with E-state index in [0.29, 0.717) is 19.3 Å². The third-order valence-electron chi connectivity index (χ3n) is 4.43. The van der Waals surface area contributed by atoms with Gasteiger partial charge in [0, 0.05) is 37.4 Å². The maximum absolute atomic E-state index is 12.8. The predicted molar refractivity (Wildman–Crippen MR) is 78.8 cm³/mol. The van der Waals surface area contributed by atoms with Gasteiger partial charge in [0.15, 0.2) is 0 Å². The molecule has 0 spiro atoms. The van der Waals surface area contributed by atoms with Gasteiger partial charge in [0.1, 0.15) is 0 Å². The lowest BCUT2D eigenvalue weighted by Crippen LogP contribution is -2.43. The quantitative estimate of drug-likeness (QED) is 0.898. The Labute approximate surface area is 120 Å². The van der Waals surface area contributed by atoms with Crippen LogP contribution in [0.3, 0.4) is 0 Å². The van der Waals surface area contributed by atoms with Crippen LogP contribution in [0.5, 0.6) is 0 Å². The van der Waals surface area contributed by atoms with Crippen LogP contribution in [-0.4, -0.2) is 32.7 Å². The van der Waals surface area contributed by atoms with E-state index in [9.17, 15) is 4.79 Å². The molecule has 1 aromatic rings. The van der Waals surface area contributed by atoms with Crippen molar-refractivity contribution in [2.45, 2.75) is 25.3 Å². The van der Waals surface area contributed by atoms with Gasteiger partial charge in [-0.05, 0) is 37.9 Å². The van der Waals surface area contributed by atoms with Gasteiger partial charge in [0.05, 0.1) is 0 Å². The van der Waals surface area contributed by atoms with Gasteiger partial charge in [-0.3, -0.25) is 4.79 Å². The number of para-hydroxylation sites is 1. The third kappa shape index (κ3) is 2.45. The van der Waals surface area contributed by atoms with Gasteiger partial charge in [-0.2, -0.15) is 0 Å². The number of carbonyl (C=O) groups is 1. The van der Waals surface area contributed by atoms with Crippen LogP contribution in [-0.2, 0) is 9.53 Å². The number of nitrogens with one attached hydrogen (secondary N) is 1. The Morgan fingerprint density at radius 3 is 2.75 bits per heavy atom. The van der Waals surface area contributed by atoms with Crippen molar-refractivity contribution < 1.29 is 9.53 Å². The second kappa shape index (κ2) is 5.94. The standard InChI is InChI=1S/C16H22N2O2/c1-17-14-6-9-18(15-5-3-2-4-13(14)15)16(19)12-7-10-20-11-8-12/h2-5,12,14,17H,6-11H2,1H3. The summed E-state index contributed by atoms with van der Waals surface area (Å²) < 4.78 is 5.36. The zero-order valence-corrected chi connectivity index (χ0v) is 12.0. The highest BCUT2D eigenvalue weighted by Gasteiger charge is 2.32. The first-order chi connectivity index (χ1) is 9.81. The van der Waals surface area contributed by atoms with Crippen LogP contribution in [0.15, 0.2) is 24.3 Å². The SMILES string of the molecule is CNC1CCN(C(=O)C2CCOCC2)c2ccccc21. The molecule has 1 amide bonds.